The number of anilines is 2. The molecule has 1 unspecified atom stereocenters. The second-order valence-corrected chi connectivity index (χ2v) is 4.06. The Morgan fingerprint density at radius 3 is 3.13 bits per heavy atom. The standard InChI is InChI=1S/C10H14ClN3O/c11-9-4-7(12)5-13-10(9)14-8-2-1-3-15-6-8/h4-5,8H,1-3,6,12H2,(H,13,14). The number of hydrogen-bond donors (Lipinski definition) is 2. The molecule has 82 valence electrons. The molecule has 4 nitrogen and oxygen atoms in total. The molecular weight excluding hydrogens is 214 g/mol. The van der Waals surface area contributed by atoms with Crippen molar-refractivity contribution in [3.8, 4) is 0 Å². The molecular formula is C10H14ClN3O. The number of ether oxygens (including phenoxy) is 1. The number of aromatic nitrogens is 1. The Hall–Kier alpha value is -1.00. The smallest absolute Gasteiger partial charge is 0.145 e. The zero-order valence-corrected chi connectivity index (χ0v) is 9.13. The first-order valence-electron chi connectivity index (χ1n) is 5.01. The van der Waals surface area contributed by atoms with Crippen LogP contribution in [0.2, 0.25) is 5.02 Å². The van der Waals surface area contributed by atoms with Crippen LogP contribution < -0.4 is 11.1 Å². The fraction of sp³-hybridized carbons (Fsp3) is 0.500. The number of nitrogen functional groups attached to an aromatic ring is 1. The van der Waals surface area contributed by atoms with Crippen LogP contribution in [-0.2, 0) is 4.74 Å². The minimum Gasteiger partial charge on any atom is -0.397 e. The van der Waals surface area contributed by atoms with Gasteiger partial charge in [0.2, 0.25) is 0 Å². The highest BCUT2D eigenvalue weighted by molar-refractivity contribution is 6.33. The minimum atomic E-state index is 0.298. The zero-order valence-electron chi connectivity index (χ0n) is 8.37. The molecule has 1 aromatic heterocycles. The van der Waals surface area contributed by atoms with E-state index in [1.807, 2.05) is 0 Å². The van der Waals surface area contributed by atoms with E-state index in [0.717, 1.165) is 19.4 Å². The largest absolute Gasteiger partial charge is 0.397 e. The van der Waals surface area contributed by atoms with E-state index in [9.17, 15) is 0 Å². The van der Waals surface area contributed by atoms with Crippen LogP contribution in [0.4, 0.5) is 11.5 Å². The number of nitrogens with one attached hydrogen (secondary N) is 1. The van der Waals surface area contributed by atoms with Gasteiger partial charge in [0.15, 0.2) is 0 Å². The molecule has 0 aliphatic carbocycles. The van der Waals surface area contributed by atoms with Crippen molar-refractivity contribution in [2.24, 2.45) is 0 Å². The van der Waals surface area contributed by atoms with Crippen LogP contribution in [0, 0.1) is 0 Å². The van der Waals surface area contributed by atoms with Crippen LogP contribution in [-0.4, -0.2) is 24.2 Å². The van der Waals surface area contributed by atoms with Crippen LogP contribution in [0.1, 0.15) is 12.8 Å². The third-order valence-corrected chi connectivity index (χ3v) is 2.65. The van der Waals surface area contributed by atoms with Gasteiger partial charge in [-0.1, -0.05) is 11.6 Å². The van der Waals surface area contributed by atoms with E-state index in [-0.39, 0.29) is 0 Å². The van der Waals surface area contributed by atoms with Gasteiger partial charge in [-0.15, -0.1) is 0 Å². The van der Waals surface area contributed by atoms with Gasteiger partial charge in [-0.3, -0.25) is 0 Å². The summed E-state index contributed by atoms with van der Waals surface area (Å²) in [5, 5.41) is 3.81. The van der Waals surface area contributed by atoms with Crippen molar-refractivity contribution >= 4 is 23.1 Å². The summed E-state index contributed by atoms with van der Waals surface area (Å²) >= 11 is 6.00. The lowest BCUT2D eigenvalue weighted by molar-refractivity contribution is 0.0875. The van der Waals surface area contributed by atoms with Crippen molar-refractivity contribution in [2.75, 3.05) is 24.3 Å². The lowest BCUT2D eigenvalue weighted by atomic mass is 10.1. The monoisotopic (exact) mass is 227 g/mol. The Balaban J connectivity index is 2.03. The van der Waals surface area contributed by atoms with Gasteiger partial charge in [0, 0.05) is 6.61 Å². The van der Waals surface area contributed by atoms with Gasteiger partial charge < -0.3 is 15.8 Å². The highest BCUT2D eigenvalue weighted by Crippen LogP contribution is 2.23. The van der Waals surface area contributed by atoms with Gasteiger partial charge in [0.1, 0.15) is 5.82 Å². The summed E-state index contributed by atoms with van der Waals surface area (Å²) in [6.45, 7) is 1.56. The number of halogens is 1. The predicted octanol–water partition coefficient (Wildman–Crippen LogP) is 1.91. The Kier molecular flexibility index (Phi) is 3.28. The Morgan fingerprint density at radius 2 is 2.47 bits per heavy atom. The van der Waals surface area contributed by atoms with Crippen molar-refractivity contribution < 1.29 is 4.74 Å². The molecule has 0 amide bonds. The van der Waals surface area contributed by atoms with Crippen LogP contribution in [0.15, 0.2) is 12.3 Å². The average molecular weight is 228 g/mol. The molecule has 2 rings (SSSR count). The maximum Gasteiger partial charge on any atom is 0.145 e. The summed E-state index contributed by atoms with van der Waals surface area (Å²) in [5.74, 6) is 0.682. The molecule has 5 heteroatoms. The lowest BCUT2D eigenvalue weighted by Crippen LogP contribution is -2.30. The van der Waals surface area contributed by atoms with E-state index in [0.29, 0.717) is 29.2 Å². The van der Waals surface area contributed by atoms with E-state index >= 15 is 0 Å². The molecule has 1 aliphatic heterocycles. The quantitative estimate of drug-likeness (QED) is 0.810. The average Bonchev–Trinajstić information content (AvgIpc) is 2.24. The maximum absolute atomic E-state index is 6.00. The minimum absolute atomic E-state index is 0.298. The second-order valence-electron chi connectivity index (χ2n) is 3.66. The van der Waals surface area contributed by atoms with Gasteiger partial charge in [0.25, 0.3) is 0 Å². The van der Waals surface area contributed by atoms with E-state index in [4.69, 9.17) is 22.1 Å². The van der Waals surface area contributed by atoms with Crippen molar-refractivity contribution in [3.05, 3.63) is 17.3 Å². The van der Waals surface area contributed by atoms with Gasteiger partial charge >= 0.3 is 0 Å². The van der Waals surface area contributed by atoms with E-state index in [1.54, 1.807) is 12.3 Å². The van der Waals surface area contributed by atoms with Gasteiger partial charge in [0.05, 0.1) is 29.6 Å². The summed E-state index contributed by atoms with van der Waals surface area (Å²) in [6, 6.07) is 1.99. The fourth-order valence-corrected chi connectivity index (χ4v) is 1.84. The first-order valence-corrected chi connectivity index (χ1v) is 5.39. The second kappa shape index (κ2) is 4.68. The third-order valence-electron chi connectivity index (χ3n) is 2.36. The van der Waals surface area contributed by atoms with Gasteiger partial charge in [-0.2, -0.15) is 0 Å². The molecule has 0 bridgehead atoms. The third kappa shape index (κ3) is 2.73. The van der Waals surface area contributed by atoms with Crippen molar-refractivity contribution in [2.45, 2.75) is 18.9 Å². The summed E-state index contributed by atoms with van der Waals surface area (Å²) < 4.78 is 5.36. The molecule has 2 heterocycles. The van der Waals surface area contributed by atoms with Crippen LogP contribution in [0.3, 0.4) is 0 Å². The van der Waals surface area contributed by atoms with Crippen LogP contribution in [0.5, 0.6) is 0 Å². The molecule has 1 aliphatic rings. The summed E-state index contributed by atoms with van der Waals surface area (Å²) in [6.07, 6.45) is 3.75. The Bertz CT molecular complexity index is 339. The van der Waals surface area contributed by atoms with Crippen molar-refractivity contribution in [1.82, 2.24) is 4.98 Å². The normalized spacial score (nSPS) is 21.3. The predicted molar refractivity (Wildman–Crippen MR) is 61.1 cm³/mol. The van der Waals surface area contributed by atoms with E-state index in [2.05, 4.69) is 10.3 Å². The number of nitrogens with zero attached hydrogens (tertiary/aromatic N) is 1. The van der Waals surface area contributed by atoms with Crippen molar-refractivity contribution in [3.63, 3.8) is 0 Å². The first kappa shape index (κ1) is 10.5. The number of rotatable bonds is 2. The van der Waals surface area contributed by atoms with Crippen LogP contribution >= 0.6 is 11.6 Å². The fourth-order valence-electron chi connectivity index (χ4n) is 1.61. The molecule has 1 fully saturated rings. The molecule has 1 atom stereocenters. The number of hydrogen-bond acceptors (Lipinski definition) is 4. The first-order chi connectivity index (χ1) is 7.25. The highest BCUT2D eigenvalue weighted by Gasteiger charge is 2.15. The molecule has 3 N–H and O–H groups in total. The zero-order chi connectivity index (χ0) is 10.7. The molecule has 15 heavy (non-hydrogen) atoms. The highest BCUT2D eigenvalue weighted by atomic mass is 35.5. The Morgan fingerprint density at radius 1 is 1.60 bits per heavy atom. The molecule has 1 saturated heterocycles. The molecule has 0 radical (unpaired) electrons. The number of nitrogens with two attached hydrogens (primary N) is 1. The van der Waals surface area contributed by atoms with Crippen molar-refractivity contribution in [1.29, 1.82) is 0 Å². The molecule has 0 aromatic carbocycles. The molecule has 0 saturated carbocycles. The Labute approximate surface area is 93.8 Å². The van der Waals surface area contributed by atoms with Gasteiger partial charge in [-0.05, 0) is 18.9 Å². The van der Waals surface area contributed by atoms with E-state index < -0.39 is 0 Å². The summed E-state index contributed by atoms with van der Waals surface area (Å²) in [5.41, 5.74) is 6.14. The molecule has 1 aromatic rings. The number of pyridine rings is 1. The van der Waals surface area contributed by atoms with Crippen LogP contribution in [0.25, 0.3) is 0 Å². The van der Waals surface area contributed by atoms with Gasteiger partial charge in [-0.25, -0.2) is 4.98 Å². The molecule has 0 spiro atoms. The topological polar surface area (TPSA) is 60.2 Å². The summed E-state index contributed by atoms with van der Waals surface area (Å²) in [4.78, 5) is 4.15. The maximum atomic E-state index is 6.00. The summed E-state index contributed by atoms with van der Waals surface area (Å²) in [7, 11) is 0. The lowest BCUT2D eigenvalue weighted by Gasteiger charge is -2.23. The SMILES string of the molecule is Nc1cnc(NC2CCCOC2)c(Cl)c1. The van der Waals surface area contributed by atoms with E-state index in [1.165, 1.54) is 0 Å².